The Hall–Kier alpha value is -1.75. The first-order valence-corrected chi connectivity index (χ1v) is 7.15. The molecule has 0 aliphatic carbocycles. The van der Waals surface area contributed by atoms with E-state index < -0.39 is 0 Å². The minimum Gasteiger partial charge on any atom is -0.496 e. The summed E-state index contributed by atoms with van der Waals surface area (Å²) in [6.07, 6.45) is 0. The SMILES string of the molecule is COc1ccc(CNCC(C)C(C)(C)C)cc1/C(N)=N/O. The highest BCUT2D eigenvalue weighted by Crippen LogP contribution is 2.24. The van der Waals surface area contributed by atoms with Gasteiger partial charge in [0.05, 0.1) is 12.7 Å². The largest absolute Gasteiger partial charge is 0.496 e. The predicted molar refractivity (Wildman–Crippen MR) is 85.8 cm³/mol. The second-order valence-electron chi connectivity index (χ2n) is 6.42. The number of nitrogens with zero attached hydrogens (tertiary/aromatic N) is 1. The summed E-state index contributed by atoms with van der Waals surface area (Å²) in [6, 6.07) is 5.68. The summed E-state index contributed by atoms with van der Waals surface area (Å²) in [5.41, 5.74) is 7.63. The highest BCUT2D eigenvalue weighted by Gasteiger charge is 2.19. The van der Waals surface area contributed by atoms with E-state index in [1.54, 1.807) is 7.11 Å². The maximum absolute atomic E-state index is 8.83. The van der Waals surface area contributed by atoms with E-state index in [2.05, 4.69) is 38.2 Å². The van der Waals surface area contributed by atoms with E-state index in [9.17, 15) is 0 Å². The smallest absolute Gasteiger partial charge is 0.173 e. The molecule has 118 valence electrons. The van der Waals surface area contributed by atoms with Crippen molar-refractivity contribution in [3.05, 3.63) is 29.3 Å². The van der Waals surface area contributed by atoms with Gasteiger partial charge in [0, 0.05) is 6.54 Å². The zero-order valence-electron chi connectivity index (χ0n) is 13.6. The lowest BCUT2D eigenvalue weighted by atomic mass is 9.82. The molecule has 0 saturated heterocycles. The highest BCUT2D eigenvalue weighted by molar-refractivity contribution is 5.99. The third kappa shape index (κ3) is 4.93. The lowest BCUT2D eigenvalue weighted by Crippen LogP contribution is -2.29. The van der Waals surface area contributed by atoms with Gasteiger partial charge in [0.25, 0.3) is 0 Å². The minimum atomic E-state index is 0.0526. The van der Waals surface area contributed by atoms with Gasteiger partial charge in [-0.1, -0.05) is 38.9 Å². The summed E-state index contributed by atoms with van der Waals surface area (Å²) in [5, 5.41) is 15.3. The molecule has 0 amide bonds. The Morgan fingerprint density at radius 3 is 2.62 bits per heavy atom. The van der Waals surface area contributed by atoms with E-state index in [-0.39, 0.29) is 11.3 Å². The van der Waals surface area contributed by atoms with Crippen LogP contribution in [0.5, 0.6) is 5.75 Å². The first kappa shape index (κ1) is 17.3. The van der Waals surface area contributed by atoms with Gasteiger partial charge in [-0.2, -0.15) is 0 Å². The first-order valence-electron chi connectivity index (χ1n) is 7.15. The molecule has 1 aromatic rings. The molecular weight excluding hydrogens is 266 g/mol. The number of ether oxygens (including phenoxy) is 1. The summed E-state index contributed by atoms with van der Waals surface area (Å²) >= 11 is 0. The molecule has 21 heavy (non-hydrogen) atoms. The molecule has 1 aromatic carbocycles. The summed E-state index contributed by atoms with van der Waals surface area (Å²) in [4.78, 5) is 0. The fourth-order valence-electron chi connectivity index (χ4n) is 1.86. The Kier molecular flexibility index (Phi) is 6.03. The average Bonchev–Trinajstić information content (AvgIpc) is 2.45. The lowest BCUT2D eigenvalue weighted by Gasteiger charge is -2.27. The molecule has 1 atom stereocenters. The Morgan fingerprint density at radius 1 is 1.43 bits per heavy atom. The van der Waals surface area contributed by atoms with Gasteiger partial charge in [0.1, 0.15) is 5.75 Å². The lowest BCUT2D eigenvalue weighted by molar-refractivity contribution is 0.252. The molecule has 0 heterocycles. The minimum absolute atomic E-state index is 0.0526. The van der Waals surface area contributed by atoms with Crippen LogP contribution in [0.4, 0.5) is 0 Å². The number of oxime groups is 1. The maximum atomic E-state index is 8.83. The zero-order chi connectivity index (χ0) is 16.0. The fraction of sp³-hybridized carbons (Fsp3) is 0.562. The number of hydrogen-bond acceptors (Lipinski definition) is 4. The zero-order valence-corrected chi connectivity index (χ0v) is 13.6. The number of methoxy groups -OCH3 is 1. The van der Waals surface area contributed by atoms with Crippen molar-refractivity contribution >= 4 is 5.84 Å². The number of amidine groups is 1. The van der Waals surface area contributed by atoms with Gasteiger partial charge < -0.3 is 21.0 Å². The third-order valence-electron chi connectivity index (χ3n) is 3.91. The van der Waals surface area contributed by atoms with Crippen molar-refractivity contribution < 1.29 is 9.94 Å². The van der Waals surface area contributed by atoms with Crippen LogP contribution in [0.2, 0.25) is 0 Å². The van der Waals surface area contributed by atoms with Gasteiger partial charge in [0.15, 0.2) is 5.84 Å². The molecule has 5 nitrogen and oxygen atoms in total. The Morgan fingerprint density at radius 2 is 2.10 bits per heavy atom. The van der Waals surface area contributed by atoms with Crippen LogP contribution in [0, 0.1) is 11.3 Å². The summed E-state index contributed by atoms with van der Waals surface area (Å²) in [5.74, 6) is 1.22. The van der Waals surface area contributed by atoms with E-state index in [1.165, 1.54) is 0 Å². The molecule has 0 spiro atoms. The van der Waals surface area contributed by atoms with Crippen molar-refractivity contribution in [3.63, 3.8) is 0 Å². The van der Waals surface area contributed by atoms with Crippen LogP contribution in [-0.4, -0.2) is 24.7 Å². The molecule has 5 heteroatoms. The van der Waals surface area contributed by atoms with Gasteiger partial charge >= 0.3 is 0 Å². The van der Waals surface area contributed by atoms with Crippen molar-refractivity contribution in [1.29, 1.82) is 0 Å². The van der Waals surface area contributed by atoms with Crippen molar-refractivity contribution in [3.8, 4) is 5.75 Å². The van der Waals surface area contributed by atoms with E-state index in [0.29, 0.717) is 17.2 Å². The topological polar surface area (TPSA) is 79.9 Å². The molecule has 4 N–H and O–H groups in total. The van der Waals surface area contributed by atoms with Crippen LogP contribution in [0.15, 0.2) is 23.4 Å². The van der Waals surface area contributed by atoms with Crippen LogP contribution >= 0.6 is 0 Å². The number of nitrogens with two attached hydrogens (primary N) is 1. The van der Waals surface area contributed by atoms with Crippen molar-refractivity contribution in [2.45, 2.75) is 34.2 Å². The summed E-state index contributed by atoms with van der Waals surface area (Å²) < 4.78 is 5.22. The number of benzene rings is 1. The molecule has 0 aliphatic rings. The Bertz CT molecular complexity index is 493. The van der Waals surface area contributed by atoms with Crippen LogP contribution in [0.25, 0.3) is 0 Å². The highest BCUT2D eigenvalue weighted by atomic mass is 16.5. The van der Waals surface area contributed by atoms with Gasteiger partial charge in [-0.15, -0.1) is 0 Å². The van der Waals surface area contributed by atoms with Gasteiger partial charge in [-0.25, -0.2) is 0 Å². The van der Waals surface area contributed by atoms with Crippen LogP contribution < -0.4 is 15.8 Å². The van der Waals surface area contributed by atoms with Crippen molar-refractivity contribution in [2.24, 2.45) is 22.2 Å². The first-order chi connectivity index (χ1) is 9.79. The van der Waals surface area contributed by atoms with Crippen LogP contribution in [0.1, 0.15) is 38.8 Å². The van der Waals surface area contributed by atoms with E-state index in [4.69, 9.17) is 15.7 Å². The fourth-order valence-corrected chi connectivity index (χ4v) is 1.86. The van der Waals surface area contributed by atoms with E-state index >= 15 is 0 Å². The molecule has 0 radical (unpaired) electrons. The number of nitrogens with one attached hydrogen (secondary N) is 1. The normalized spacial score (nSPS) is 14.0. The molecule has 0 saturated carbocycles. The molecule has 0 aromatic heterocycles. The van der Waals surface area contributed by atoms with E-state index in [0.717, 1.165) is 18.7 Å². The predicted octanol–water partition coefficient (Wildman–Crippen LogP) is 2.56. The molecule has 0 fully saturated rings. The maximum Gasteiger partial charge on any atom is 0.173 e. The van der Waals surface area contributed by atoms with Gasteiger partial charge in [-0.05, 0) is 35.6 Å². The molecule has 1 rings (SSSR count). The molecule has 1 unspecified atom stereocenters. The van der Waals surface area contributed by atoms with Gasteiger partial charge in [-0.3, -0.25) is 0 Å². The molecule has 0 bridgehead atoms. The second-order valence-corrected chi connectivity index (χ2v) is 6.42. The second kappa shape index (κ2) is 7.31. The van der Waals surface area contributed by atoms with Crippen LogP contribution in [-0.2, 0) is 6.54 Å². The third-order valence-corrected chi connectivity index (χ3v) is 3.91. The number of hydrogen-bond donors (Lipinski definition) is 3. The van der Waals surface area contributed by atoms with Gasteiger partial charge in [0.2, 0.25) is 0 Å². The standard InChI is InChI=1S/C16H27N3O2/c1-11(16(2,3)4)9-18-10-12-6-7-14(21-5)13(8-12)15(17)19-20/h6-8,11,18,20H,9-10H2,1-5H3,(H2,17,19). The van der Waals surface area contributed by atoms with E-state index in [1.807, 2.05) is 18.2 Å². The monoisotopic (exact) mass is 293 g/mol. The van der Waals surface area contributed by atoms with Crippen molar-refractivity contribution in [1.82, 2.24) is 5.32 Å². The summed E-state index contributed by atoms with van der Waals surface area (Å²) in [7, 11) is 1.56. The Labute approximate surface area is 127 Å². The summed E-state index contributed by atoms with van der Waals surface area (Å²) in [6.45, 7) is 10.6. The quantitative estimate of drug-likeness (QED) is 0.326. The molecule has 0 aliphatic heterocycles. The Balaban J connectivity index is 2.73. The van der Waals surface area contributed by atoms with Crippen LogP contribution in [0.3, 0.4) is 0 Å². The van der Waals surface area contributed by atoms with Crippen molar-refractivity contribution in [2.75, 3.05) is 13.7 Å². The number of rotatable bonds is 6. The molecular formula is C16H27N3O2. The average molecular weight is 293 g/mol.